The Balaban J connectivity index is 2.37. The summed E-state index contributed by atoms with van der Waals surface area (Å²) in [5, 5.41) is 11.1. The Bertz CT molecular complexity index is 740. The molecule has 0 aliphatic rings. The monoisotopic (exact) mass is 240 g/mol. The second-order valence-electron chi connectivity index (χ2n) is 4.38. The van der Waals surface area contributed by atoms with Gasteiger partial charge in [0.1, 0.15) is 11.2 Å². The third-order valence-electron chi connectivity index (χ3n) is 3.27. The quantitative estimate of drug-likeness (QED) is 0.741. The minimum absolute atomic E-state index is 0.575. The second kappa shape index (κ2) is 3.88. The molecule has 18 heavy (non-hydrogen) atoms. The van der Waals surface area contributed by atoms with Crippen LogP contribution in [0.15, 0.2) is 46.9 Å². The highest BCUT2D eigenvalue weighted by Gasteiger charge is 2.19. The molecule has 0 saturated carbocycles. The first kappa shape index (κ1) is 10.8. The van der Waals surface area contributed by atoms with Crippen molar-refractivity contribution in [2.75, 3.05) is 0 Å². The predicted molar refractivity (Wildman–Crippen MR) is 69.8 cm³/mol. The molecule has 0 aliphatic carbocycles. The number of fused-ring (bicyclic) bond motifs is 3. The molecule has 1 unspecified atom stereocenters. The van der Waals surface area contributed by atoms with Crippen LogP contribution < -0.4 is 0 Å². The Hall–Kier alpha value is -2.29. The highest BCUT2D eigenvalue weighted by molar-refractivity contribution is 6.06. The topological polar surface area (TPSA) is 50.4 Å². The predicted octanol–water partition coefficient (Wildman–Crippen LogP) is 3.77. The van der Waals surface area contributed by atoms with E-state index >= 15 is 0 Å². The minimum Gasteiger partial charge on any atom is -0.481 e. The molecule has 0 aliphatic heterocycles. The summed E-state index contributed by atoms with van der Waals surface area (Å²) < 4.78 is 5.79. The van der Waals surface area contributed by atoms with E-state index in [9.17, 15) is 4.79 Å². The van der Waals surface area contributed by atoms with Crippen LogP contribution in [0.3, 0.4) is 0 Å². The first-order chi connectivity index (χ1) is 8.68. The van der Waals surface area contributed by atoms with Crippen LogP contribution in [0.25, 0.3) is 21.9 Å². The lowest BCUT2D eigenvalue weighted by Crippen LogP contribution is -2.07. The van der Waals surface area contributed by atoms with E-state index in [1.807, 2.05) is 42.5 Å². The van der Waals surface area contributed by atoms with Crippen molar-refractivity contribution in [1.82, 2.24) is 0 Å². The maximum Gasteiger partial charge on any atom is 0.310 e. The van der Waals surface area contributed by atoms with Gasteiger partial charge in [-0.2, -0.15) is 0 Å². The number of carbonyl (C=O) groups is 1. The Morgan fingerprint density at radius 1 is 1.11 bits per heavy atom. The Morgan fingerprint density at radius 3 is 2.61 bits per heavy atom. The van der Waals surface area contributed by atoms with Gasteiger partial charge in [-0.25, -0.2) is 0 Å². The van der Waals surface area contributed by atoms with Crippen LogP contribution in [-0.2, 0) is 4.79 Å². The maximum atomic E-state index is 11.1. The van der Waals surface area contributed by atoms with E-state index in [-0.39, 0.29) is 0 Å². The summed E-state index contributed by atoms with van der Waals surface area (Å²) in [4.78, 5) is 11.1. The average Bonchev–Trinajstić information content (AvgIpc) is 2.76. The Kier molecular flexibility index (Phi) is 2.33. The number of carboxylic acids is 1. The standard InChI is InChI=1S/C15H12O3/c1-9(15(16)17)10-6-4-7-12-11-5-2-3-8-13(11)18-14(10)12/h2-9H,1H3,(H,16,17). The van der Waals surface area contributed by atoms with Gasteiger partial charge in [0.05, 0.1) is 5.92 Å². The van der Waals surface area contributed by atoms with Crippen LogP contribution in [0, 0.1) is 0 Å². The van der Waals surface area contributed by atoms with Crippen LogP contribution in [0.5, 0.6) is 0 Å². The molecule has 1 N–H and O–H groups in total. The normalized spacial score (nSPS) is 12.9. The van der Waals surface area contributed by atoms with Crippen LogP contribution >= 0.6 is 0 Å². The number of aliphatic carboxylic acids is 1. The molecule has 2 aromatic carbocycles. The van der Waals surface area contributed by atoms with Gasteiger partial charge >= 0.3 is 5.97 Å². The zero-order valence-electron chi connectivity index (χ0n) is 9.88. The molecule has 0 fully saturated rings. The lowest BCUT2D eigenvalue weighted by Gasteiger charge is -2.06. The largest absolute Gasteiger partial charge is 0.481 e. The van der Waals surface area contributed by atoms with Gasteiger partial charge in [0.25, 0.3) is 0 Å². The molecule has 0 amide bonds. The molecule has 1 aromatic heterocycles. The van der Waals surface area contributed by atoms with Gasteiger partial charge < -0.3 is 9.52 Å². The van der Waals surface area contributed by atoms with Crippen molar-refractivity contribution in [1.29, 1.82) is 0 Å². The summed E-state index contributed by atoms with van der Waals surface area (Å²) in [6.07, 6.45) is 0. The van der Waals surface area contributed by atoms with Crippen molar-refractivity contribution >= 4 is 27.9 Å². The first-order valence-corrected chi connectivity index (χ1v) is 5.81. The molecule has 0 bridgehead atoms. The third-order valence-corrected chi connectivity index (χ3v) is 3.27. The summed E-state index contributed by atoms with van der Waals surface area (Å²) in [7, 11) is 0. The summed E-state index contributed by atoms with van der Waals surface area (Å²) in [5.74, 6) is -1.42. The number of hydrogen-bond acceptors (Lipinski definition) is 2. The lowest BCUT2D eigenvalue weighted by atomic mass is 9.99. The van der Waals surface area contributed by atoms with Crippen molar-refractivity contribution in [2.24, 2.45) is 0 Å². The molecule has 0 saturated heterocycles. The molecule has 3 rings (SSSR count). The first-order valence-electron chi connectivity index (χ1n) is 5.81. The SMILES string of the molecule is CC(C(=O)O)c1cccc2c1oc1ccccc12. The third kappa shape index (κ3) is 1.48. The minimum atomic E-state index is -0.844. The highest BCUT2D eigenvalue weighted by Crippen LogP contribution is 2.33. The van der Waals surface area contributed by atoms with Crippen molar-refractivity contribution < 1.29 is 14.3 Å². The van der Waals surface area contributed by atoms with Crippen molar-refractivity contribution in [3.63, 3.8) is 0 Å². The maximum absolute atomic E-state index is 11.1. The van der Waals surface area contributed by atoms with Gasteiger partial charge in [0, 0.05) is 16.3 Å². The van der Waals surface area contributed by atoms with E-state index in [4.69, 9.17) is 9.52 Å². The Labute approximate surface area is 104 Å². The lowest BCUT2D eigenvalue weighted by molar-refractivity contribution is -0.138. The van der Waals surface area contributed by atoms with Gasteiger partial charge in [-0.1, -0.05) is 36.4 Å². The van der Waals surface area contributed by atoms with Gasteiger partial charge in [0.2, 0.25) is 0 Å². The van der Waals surface area contributed by atoms with Crippen molar-refractivity contribution in [3.05, 3.63) is 48.0 Å². The van der Waals surface area contributed by atoms with Gasteiger partial charge in [-0.3, -0.25) is 4.79 Å². The molecule has 90 valence electrons. The molecule has 0 radical (unpaired) electrons. The number of carboxylic acid groups (broad SMARTS) is 1. The van der Waals surface area contributed by atoms with Crippen molar-refractivity contribution in [2.45, 2.75) is 12.8 Å². The fourth-order valence-electron chi connectivity index (χ4n) is 2.24. The van der Waals surface area contributed by atoms with Crippen molar-refractivity contribution in [3.8, 4) is 0 Å². The molecule has 1 atom stereocenters. The van der Waals surface area contributed by atoms with E-state index in [0.29, 0.717) is 5.58 Å². The van der Waals surface area contributed by atoms with E-state index in [0.717, 1.165) is 21.9 Å². The number of para-hydroxylation sites is 2. The van der Waals surface area contributed by atoms with Gasteiger partial charge in [-0.15, -0.1) is 0 Å². The molecule has 1 heterocycles. The summed E-state index contributed by atoms with van der Waals surface area (Å²) in [5.41, 5.74) is 2.18. The van der Waals surface area contributed by atoms with E-state index in [1.54, 1.807) is 6.92 Å². The number of rotatable bonds is 2. The molecule has 0 spiro atoms. The van der Waals surface area contributed by atoms with Crippen LogP contribution in [0.2, 0.25) is 0 Å². The molecule has 3 nitrogen and oxygen atoms in total. The van der Waals surface area contributed by atoms with Crippen LogP contribution in [0.4, 0.5) is 0 Å². The van der Waals surface area contributed by atoms with Crippen LogP contribution in [-0.4, -0.2) is 11.1 Å². The van der Waals surface area contributed by atoms with E-state index in [2.05, 4.69) is 0 Å². The van der Waals surface area contributed by atoms with Gasteiger partial charge in [-0.05, 0) is 13.0 Å². The summed E-state index contributed by atoms with van der Waals surface area (Å²) >= 11 is 0. The molecule has 3 aromatic rings. The number of benzene rings is 2. The summed E-state index contributed by atoms with van der Waals surface area (Å²) in [6.45, 7) is 1.67. The van der Waals surface area contributed by atoms with E-state index in [1.165, 1.54) is 0 Å². The molecule has 3 heteroatoms. The zero-order valence-corrected chi connectivity index (χ0v) is 9.88. The number of furan rings is 1. The second-order valence-corrected chi connectivity index (χ2v) is 4.38. The Morgan fingerprint density at radius 2 is 1.83 bits per heavy atom. The average molecular weight is 240 g/mol. The summed E-state index contributed by atoms with van der Waals surface area (Å²) in [6, 6.07) is 13.4. The van der Waals surface area contributed by atoms with E-state index < -0.39 is 11.9 Å². The molecular formula is C15H12O3. The number of hydrogen-bond donors (Lipinski definition) is 1. The zero-order chi connectivity index (χ0) is 12.7. The van der Waals surface area contributed by atoms with Crippen LogP contribution in [0.1, 0.15) is 18.4 Å². The smallest absolute Gasteiger partial charge is 0.310 e. The fraction of sp³-hybridized carbons (Fsp3) is 0.133. The molecular weight excluding hydrogens is 228 g/mol. The highest BCUT2D eigenvalue weighted by atomic mass is 16.4. The van der Waals surface area contributed by atoms with Gasteiger partial charge in [0.15, 0.2) is 0 Å². The fourth-order valence-corrected chi connectivity index (χ4v) is 2.24.